The van der Waals surface area contributed by atoms with Gasteiger partial charge in [-0.1, -0.05) is 109 Å². The first-order valence-electron chi connectivity index (χ1n) is 20.9. The van der Waals surface area contributed by atoms with Gasteiger partial charge in [-0.05, 0) is 43.2 Å². The maximum absolute atomic E-state index is 13.1. The number of hydrogen-bond acceptors (Lipinski definition) is 12. The van der Waals surface area contributed by atoms with Gasteiger partial charge in [0.1, 0.15) is 41.5 Å². The number of aromatic nitrogens is 3. The molecule has 318 valence electrons. The topological polar surface area (TPSA) is 193 Å². The number of anilines is 1. The standard InChI is InChI=1S/C42H66N5O9P/c1-4-5-6-7-8-9-10-11-12-13-14-15-16-17-18-19-24-52-29-35(53-28-33-20-23-38(51-3)34(25-33)27-43)30-54-57(49,50)55-31-42(2)40(48)26-39(56-42)36-21-22-37-41(44)45-32-46-47(36)37/h20-23,25,32,35,39-40,48H,4-19,24,26,28-31H2,1-3H3,(H,49,50)(H2,44,45,46)/t35-,39-,40+,42-/m1/s1. The molecule has 1 saturated heterocycles. The number of hydrogen-bond donors (Lipinski definition) is 3. The SMILES string of the molecule is CCCCCCCCCCCCCCCCCCOC[C@H](COP(=O)(O)OC[C@@]1(C)O[C@@H](c2ccc3c(N)ncnn23)C[C@@H]1O)OCc1ccc(OC)c(C#N)c1. The number of unbranched alkanes of at least 4 members (excludes halogenated alkanes) is 15. The predicted molar refractivity (Wildman–Crippen MR) is 219 cm³/mol. The number of aliphatic hydroxyl groups is 1. The molecule has 2 aromatic heterocycles. The van der Waals surface area contributed by atoms with Crippen LogP contribution in [0.1, 0.15) is 146 Å². The average Bonchev–Trinajstić information content (AvgIpc) is 3.78. The zero-order valence-electron chi connectivity index (χ0n) is 34.3. The molecule has 0 spiro atoms. The van der Waals surface area contributed by atoms with Crippen molar-refractivity contribution >= 4 is 19.2 Å². The van der Waals surface area contributed by atoms with E-state index in [0.717, 1.165) is 24.8 Å². The van der Waals surface area contributed by atoms with E-state index in [-0.39, 0.29) is 26.2 Å². The molecule has 3 heterocycles. The Kier molecular flexibility index (Phi) is 20.2. The number of aliphatic hydroxyl groups excluding tert-OH is 1. The van der Waals surface area contributed by atoms with Crippen LogP contribution in [0.25, 0.3) is 5.52 Å². The number of nitrogens with zero attached hydrogens (tertiary/aromatic N) is 4. The van der Waals surface area contributed by atoms with Crippen LogP contribution in [0.5, 0.6) is 5.75 Å². The van der Waals surface area contributed by atoms with Crippen LogP contribution in [-0.4, -0.2) is 75.9 Å². The minimum absolute atomic E-state index is 0.107. The largest absolute Gasteiger partial charge is 0.495 e. The van der Waals surface area contributed by atoms with Crippen LogP contribution in [0.2, 0.25) is 0 Å². The molecule has 0 saturated carbocycles. The van der Waals surface area contributed by atoms with E-state index in [2.05, 4.69) is 23.1 Å². The molecule has 0 aliphatic carbocycles. The molecule has 14 nitrogen and oxygen atoms in total. The second-order valence-electron chi connectivity index (χ2n) is 15.4. The zero-order valence-corrected chi connectivity index (χ0v) is 35.2. The van der Waals surface area contributed by atoms with Crippen LogP contribution in [0.15, 0.2) is 36.7 Å². The number of nitrogens with two attached hydrogens (primary N) is 1. The average molecular weight is 816 g/mol. The summed E-state index contributed by atoms with van der Waals surface area (Å²) in [5.74, 6) is 0.765. The van der Waals surface area contributed by atoms with Crippen molar-refractivity contribution in [3.05, 3.63) is 53.5 Å². The summed E-state index contributed by atoms with van der Waals surface area (Å²) in [6, 6.07) is 10.8. The maximum Gasteiger partial charge on any atom is 0.472 e. The number of ether oxygens (including phenoxy) is 4. The Morgan fingerprint density at radius 1 is 0.982 bits per heavy atom. The van der Waals surface area contributed by atoms with E-state index in [0.29, 0.717) is 34.9 Å². The molecule has 3 aromatic rings. The summed E-state index contributed by atoms with van der Waals surface area (Å²) in [5.41, 5.74) is 7.01. The minimum atomic E-state index is -4.62. The first-order valence-corrected chi connectivity index (χ1v) is 22.4. The molecule has 1 aliphatic rings. The van der Waals surface area contributed by atoms with Crippen LogP contribution in [0.4, 0.5) is 5.82 Å². The van der Waals surface area contributed by atoms with Crippen LogP contribution < -0.4 is 10.5 Å². The Morgan fingerprint density at radius 2 is 1.63 bits per heavy atom. The van der Waals surface area contributed by atoms with E-state index in [9.17, 15) is 19.8 Å². The lowest BCUT2D eigenvalue weighted by atomic mass is 9.99. The van der Waals surface area contributed by atoms with Crippen molar-refractivity contribution in [3.63, 3.8) is 0 Å². The van der Waals surface area contributed by atoms with Gasteiger partial charge in [-0.25, -0.2) is 14.1 Å². The van der Waals surface area contributed by atoms with Crippen molar-refractivity contribution in [3.8, 4) is 11.8 Å². The van der Waals surface area contributed by atoms with Gasteiger partial charge >= 0.3 is 7.82 Å². The molecular weight excluding hydrogens is 749 g/mol. The lowest BCUT2D eigenvalue weighted by molar-refractivity contribution is -0.101. The van der Waals surface area contributed by atoms with Gasteiger partial charge in [-0.3, -0.25) is 9.05 Å². The third kappa shape index (κ3) is 15.5. The first kappa shape index (κ1) is 46.6. The van der Waals surface area contributed by atoms with E-state index in [4.69, 9.17) is 33.7 Å². The molecule has 4 N–H and O–H groups in total. The summed E-state index contributed by atoms with van der Waals surface area (Å²) >= 11 is 0. The molecule has 0 amide bonds. The lowest BCUT2D eigenvalue weighted by Crippen LogP contribution is -2.40. The molecular formula is C42H66N5O9P. The number of phosphoric ester groups is 1. The predicted octanol–water partition coefficient (Wildman–Crippen LogP) is 8.77. The Labute approximate surface area is 339 Å². The lowest BCUT2D eigenvalue weighted by Gasteiger charge is -2.28. The second kappa shape index (κ2) is 24.7. The summed E-state index contributed by atoms with van der Waals surface area (Å²) in [4.78, 5) is 14.7. The molecule has 15 heteroatoms. The normalized spacial score (nSPS) is 19.8. The fourth-order valence-electron chi connectivity index (χ4n) is 7.11. The fraction of sp³-hybridized carbons (Fsp3) is 0.690. The molecule has 1 aromatic carbocycles. The van der Waals surface area contributed by atoms with E-state index >= 15 is 0 Å². The summed E-state index contributed by atoms with van der Waals surface area (Å²) in [6.45, 7) is 3.92. The summed E-state index contributed by atoms with van der Waals surface area (Å²) in [5, 5.41) is 24.7. The second-order valence-corrected chi connectivity index (χ2v) is 16.8. The molecule has 5 atom stereocenters. The summed E-state index contributed by atoms with van der Waals surface area (Å²) in [7, 11) is -3.12. The van der Waals surface area contributed by atoms with Crippen molar-refractivity contribution < 1.29 is 42.6 Å². The molecule has 0 radical (unpaired) electrons. The van der Waals surface area contributed by atoms with Gasteiger partial charge in [0.15, 0.2) is 5.82 Å². The van der Waals surface area contributed by atoms with Crippen LogP contribution >= 0.6 is 7.82 Å². The minimum Gasteiger partial charge on any atom is -0.495 e. The van der Waals surface area contributed by atoms with Crippen molar-refractivity contribution in [2.24, 2.45) is 0 Å². The summed E-state index contributed by atoms with van der Waals surface area (Å²) < 4.78 is 48.9. The highest BCUT2D eigenvalue weighted by Crippen LogP contribution is 2.47. The highest BCUT2D eigenvalue weighted by molar-refractivity contribution is 7.47. The van der Waals surface area contributed by atoms with Crippen molar-refractivity contribution in [2.45, 2.75) is 154 Å². The Morgan fingerprint density at radius 3 is 2.26 bits per heavy atom. The Balaban J connectivity index is 1.18. The fourth-order valence-corrected chi connectivity index (χ4v) is 7.96. The smallest absolute Gasteiger partial charge is 0.472 e. The monoisotopic (exact) mass is 815 g/mol. The van der Waals surface area contributed by atoms with Gasteiger partial charge in [-0.15, -0.1) is 0 Å². The highest BCUT2D eigenvalue weighted by atomic mass is 31.2. The van der Waals surface area contributed by atoms with Crippen molar-refractivity contribution in [2.75, 3.05) is 39.3 Å². The van der Waals surface area contributed by atoms with E-state index in [1.54, 1.807) is 41.8 Å². The third-order valence-corrected chi connectivity index (χ3v) is 11.6. The van der Waals surface area contributed by atoms with E-state index < -0.39 is 38.3 Å². The number of phosphoric acid groups is 1. The van der Waals surface area contributed by atoms with Gasteiger partial charge in [-0.2, -0.15) is 10.4 Å². The van der Waals surface area contributed by atoms with Gasteiger partial charge < -0.3 is 34.7 Å². The van der Waals surface area contributed by atoms with E-state index in [1.165, 1.54) is 96.9 Å². The van der Waals surface area contributed by atoms with Crippen LogP contribution in [0, 0.1) is 11.3 Å². The zero-order chi connectivity index (χ0) is 40.9. The molecule has 57 heavy (non-hydrogen) atoms. The van der Waals surface area contributed by atoms with Gasteiger partial charge in [0.25, 0.3) is 0 Å². The molecule has 1 aliphatic heterocycles. The molecule has 0 bridgehead atoms. The third-order valence-electron chi connectivity index (χ3n) is 10.6. The highest BCUT2D eigenvalue weighted by Gasteiger charge is 2.47. The number of fused-ring (bicyclic) bond motifs is 1. The molecule has 4 rings (SSSR count). The van der Waals surface area contributed by atoms with Crippen LogP contribution in [-0.2, 0) is 34.4 Å². The van der Waals surface area contributed by atoms with Gasteiger partial charge in [0, 0.05) is 13.0 Å². The number of nitrogen functional groups attached to an aromatic ring is 1. The Bertz CT molecular complexity index is 1700. The number of methoxy groups -OCH3 is 1. The van der Waals surface area contributed by atoms with Gasteiger partial charge in [0.05, 0.1) is 50.9 Å². The Hall–Kier alpha value is -3.12. The molecule has 1 unspecified atom stereocenters. The number of rotatable bonds is 30. The molecule has 1 fully saturated rings. The first-order chi connectivity index (χ1) is 27.6. The maximum atomic E-state index is 13.1. The summed E-state index contributed by atoms with van der Waals surface area (Å²) in [6.07, 6.45) is 19.9. The van der Waals surface area contributed by atoms with Crippen LogP contribution in [0.3, 0.4) is 0 Å². The van der Waals surface area contributed by atoms with Crippen molar-refractivity contribution in [1.29, 1.82) is 5.26 Å². The van der Waals surface area contributed by atoms with Gasteiger partial charge in [0.2, 0.25) is 0 Å². The number of nitriles is 1. The van der Waals surface area contributed by atoms with Crippen molar-refractivity contribution in [1.82, 2.24) is 14.6 Å². The number of benzene rings is 1. The quantitative estimate of drug-likeness (QED) is 0.0428. The van der Waals surface area contributed by atoms with E-state index in [1.807, 2.05) is 0 Å².